The van der Waals surface area contributed by atoms with Crippen molar-refractivity contribution >= 4 is 5.91 Å². The number of aliphatic hydroxyl groups is 1. The molecule has 0 aromatic heterocycles. The number of alkyl halides is 3. The Morgan fingerprint density at radius 1 is 1.30 bits per heavy atom. The largest absolute Gasteiger partial charge is 0.411 e. The van der Waals surface area contributed by atoms with E-state index in [4.69, 9.17) is 0 Å². The van der Waals surface area contributed by atoms with E-state index in [9.17, 15) is 23.1 Å². The zero-order valence-corrected chi connectivity index (χ0v) is 11.5. The van der Waals surface area contributed by atoms with Gasteiger partial charge < -0.3 is 14.7 Å². The number of nitrogens with zero attached hydrogens (tertiary/aromatic N) is 2. The van der Waals surface area contributed by atoms with Crippen LogP contribution in [0.2, 0.25) is 0 Å². The lowest BCUT2D eigenvalue weighted by Gasteiger charge is -2.35. The Hall–Kier alpha value is -0.860. The Morgan fingerprint density at radius 3 is 2.40 bits per heavy atom. The molecule has 0 aromatic carbocycles. The summed E-state index contributed by atoms with van der Waals surface area (Å²) in [4.78, 5) is 15.4. The maximum absolute atomic E-state index is 11.8. The summed E-state index contributed by atoms with van der Waals surface area (Å²) in [5, 5.41) is 9.26. The molecule has 0 unspecified atom stereocenters. The van der Waals surface area contributed by atoms with Gasteiger partial charge in [0.2, 0.25) is 5.91 Å². The predicted molar refractivity (Wildman–Crippen MR) is 66.2 cm³/mol. The molecule has 118 valence electrons. The van der Waals surface area contributed by atoms with Crippen LogP contribution in [0.15, 0.2) is 0 Å². The molecule has 1 rings (SSSR count). The van der Waals surface area contributed by atoms with E-state index >= 15 is 0 Å². The van der Waals surface area contributed by atoms with Crippen LogP contribution in [0.5, 0.6) is 0 Å². The van der Waals surface area contributed by atoms with Gasteiger partial charge in [0.25, 0.3) is 0 Å². The molecule has 1 N–H and O–H groups in total. The molecule has 0 bridgehead atoms. The number of β-amino-alcohol motifs (C(OH)–C–C–N with tert-alkyl or cyclic N) is 1. The van der Waals surface area contributed by atoms with Gasteiger partial charge in [0.05, 0.1) is 19.1 Å². The molecule has 0 radical (unpaired) electrons. The summed E-state index contributed by atoms with van der Waals surface area (Å²) < 4.78 is 39.9. The van der Waals surface area contributed by atoms with Crippen molar-refractivity contribution in [2.24, 2.45) is 0 Å². The van der Waals surface area contributed by atoms with Crippen LogP contribution in [0, 0.1) is 0 Å². The summed E-state index contributed by atoms with van der Waals surface area (Å²) >= 11 is 0. The smallest absolute Gasteiger partial charge is 0.392 e. The number of ether oxygens (including phenoxy) is 1. The van der Waals surface area contributed by atoms with Crippen LogP contribution in [-0.4, -0.2) is 79.0 Å². The predicted octanol–water partition coefficient (Wildman–Crippen LogP) is 0.480. The van der Waals surface area contributed by atoms with E-state index < -0.39 is 18.9 Å². The molecule has 1 fully saturated rings. The standard InChI is InChI=1S/C12H21F3N2O3/c1-10(18)8-16-3-5-17(6-4-16)11(19)2-7-20-9-12(13,14)15/h10,18H,2-9H2,1H3/t10-/m1/s1. The van der Waals surface area contributed by atoms with Crippen LogP contribution in [0.3, 0.4) is 0 Å². The zero-order valence-electron chi connectivity index (χ0n) is 11.5. The van der Waals surface area contributed by atoms with E-state index in [-0.39, 0.29) is 18.9 Å². The fraction of sp³-hybridized carbons (Fsp3) is 0.917. The maximum atomic E-state index is 11.8. The summed E-state index contributed by atoms with van der Waals surface area (Å²) in [6.45, 7) is 3.14. The number of carbonyl (C=O) groups is 1. The molecule has 1 saturated heterocycles. The molecular formula is C12H21F3N2O3. The highest BCUT2D eigenvalue weighted by Crippen LogP contribution is 2.14. The third-order valence-electron chi connectivity index (χ3n) is 2.97. The zero-order chi connectivity index (χ0) is 15.2. The van der Waals surface area contributed by atoms with Crippen molar-refractivity contribution < 1.29 is 27.8 Å². The van der Waals surface area contributed by atoms with Gasteiger partial charge in [0.15, 0.2) is 0 Å². The fourth-order valence-corrected chi connectivity index (χ4v) is 2.06. The van der Waals surface area contributed by atoms with Crippen LogP contribution >= 0.6 is 0 Å². The molecule has 0 aliphatic carbocycles. The molecule has 0 spiro atoms. The van der Waals surface area contributed by atoms with Gasteiger partial charge in [-0.15, -0.1) is 0 Å². The Balaban J connectivity index is 2.16. The molecule has 5 nitrogen and oxygen atoms in total. The lowest BCUT2D eigenvalue weighted by atomic mass is 10.2. The third-order valence-corrected chi connectivity index (χ3v) is 2.97. The van der Waals surface area contributed by atoms with Gasteiger partial charge in [0, 0.05) is 32.7 Å². The minimum absolute atomic E-state index is 0.0352. The highest BCUT2D eigenvalue weighted by Gasteiger charge is 2.27. The Kier molecular flexibility index (Phi) is 6.70. The van der Waals surface area contributed by atoms with Crippen LogP contribution < -0.4 is 0 Å². The highest BCUT2D eigenvalue weighted by molar-refractivity contribution is 5.76. The van der Waals surface area contributed by atoms with Crippen molar-refractivity contribution in [3.8, 4) is 0 Å². The second-order valence-corrected chi connectivity index (χ2v) is 4.95. The second kappa shape index (κ2) is 7.80. The quantitative estimate of drug-likeness (QED) is 0.725. The number of halogens is 3. The minimum Gasteiger partial charge on any atom is -0.392 e. The number of rotatable bonds is 6. The number of carbonyl (C=O) groups excluding carboxylic acids is 1. The lowest BCUT2D eigenvalue weighted by molar-refractivity contribution is -0.175. The average molecular weight is 298 g/mol. The molecule has 1 heterocycles. The topological polar surface area (TPSA) is 53.0 Å². The van der Waals surface area contributed by atoms with Crippen LogP contribution in [0.25, 0.3) is 0 Å². The van der Waals surface area contributed by atoms with Gasteiger partial charge in [-0.05, 0) is 6.92 Å². The molecule has 1 amide bonds. The summed E-state index contributed by atoms with van der Waals surface area (Å²) in [6.07, 6.45) is -4.80. The highest BCUT2D eigenvalue weighted by atomic mass is 19.4. The molecule has 1 aliphatic rings. The van der Waals surface area contributed by atoms with Crippen LogP contribution in [0.1, 0.15) is 13.3 Å². The van der Waals surface area contributed by atoms with Crippen molar-refractivity contribution in [3.05, 3.63) is 0 Å². The number of piperazine rings is 1. The molecule has 0 aromatic rings. The maximum Gasteiger partial charge on any atom is 0.411 e. The molecule has 0 saturated carbocycles. The van der Waals surface area contributed by atoms with Crippen molar-refractivity contribution in [2.45, 2.75) is 25.6 Å². The normalized spacial score (nSPS) is 19.1. The van der Waals surface area contributed by atoms with Gasteiger partial charge in [0.1, 0.15) is 6.61 Å². The summed E-state index contributed by atoms with van der Waals surface area (Å²) in [7, 11) is 0. The van der Waals surface area contributed by atoms with Crippen molar-refractivity contribution in [3.63, 3.8) is 0 Å². The molecular weight excluding hydrogens is 277 g/mol. The summed E-state index contributed by atoms with van der Waals surface area (Å²) in [5.74, 6) is -0.191. The van der Waals surface area contributed by atoms with Gasteiger partial charge in [-0.2, -0.15) is 13.2 Å². The van der Waals surface area contributed by atoms with E-state index in [2.05, 4.69) is 9.64 Å². The van der Waals surface area contributed by atoms with Gasteiger partial charge in [-0.25, -0.2) is 0 Å². The summed E-state index contributed by atoms with van der Waals surface area (Å²) in [5.41, 5.74) is 0. The number of amides is 1. The molecule has 1 atom stereocenters. The second-order valence-electron chi connectivity index (χ2n) is 4.95. The van der Waals surface area contributed by atoms with Gasteiger partial charge in [-0.1, -0.05) is 0 Å². The van der Waals surface area contributed by atoms with E-state index in [1.807, 2.05) is 0 Å². The first-order valence-electron chi connectivity index (χ1n) is 6.60. The van der Waals surface area contributed by atoms with Crippen molar-refractivity contribution in [2.75, 3.05) is 45.9 Å². The number of hydrogen-bond acceptors (Lipinski definition) is 4. The van der Waals surface area contributed by atoms with E-state index in [1.54, 1.807) is 11.8 Å². The first kappa shape index (κ1) is 17.2. The number of hydrogen-bond donors (Lipinski definition) is 1. The van der Waals surface area contributed by atoms with Crippen LogP contribution in [-0.2, 0) is 9.53 Å². The molecule has 1 aliphatic heterocycles. The Bertz CT molecular complexity index is 303. The van der Waals surface area contributed by atoms with Crippen molar-refractivity contribution in [1.82, 2.24) is 9.80 Å². The summed E-state index contributed by atoms with van der Waals surface area (Å²) in [6, 6.07) is 0. The SMILES string of the molecule is C[C@@H](O)CN1CCN(C(=O)CCOCC(F)(F)F)CC1. The Labute approximate surface area is 116 Å². The van der Waals surface area contributed by atoms with E-state index in [0.717, 1.165) is 0 Å². The van der Waals surface area contributed by atoms with Gasteiger partial charge >= 0.3 is 6.18 Å². The van der Waals surface area contributed by atoms with Gasteiger partial charge in [-0.3, -0.25) is 9.69 Å². The monoisotopic (exact) mass is 298 g/mol. The first-order chi connectivity index (χ1) is 9.28. The molecule has 8 heteroatoms. The molecule has 20 heavy (non-hydrogen) atoms. The van der Waals surface area contributed by atoms with E-state index in [0.29, 0.717) is 32.7 Å². The third kappa shape index (κ3) is 7.06. The fourth-order valence-electron chi connectivity index (χ4n) is 2.06. The average Bonchev–Trinajstić information content (AvgIpc) is 2.33. The van der Waals surface area contributed by atoms with E-state index in [1.165, 1.54) is 0 Å². The minimum atomic E-state index is -4.35. The number of aliphatic hydroxyl groups excluding tert-OH is 1. The van der Waals surface area contributed by atoms with Crippen molar-refractivity contribution in [1.29, 1.82) is 0 Å². The lowest BCUT2D eigenvalue weighted by Crippen LogP contribution is -2.50. The Morgan fingerprint density at radius 2 is 1.90 bits per heavy atom. The van der Waals surface area contributed by atoms with Crippen LogP contribution in [0.4, 0.5) is 13.2 Å². The first-order valence-corrected chi connectivity index (χ1v) is 6.60.